The van der Waals surface area contributed by atoms with Gasteiger partial charge in [0, 0.05) is 38.4 Å². The predicted octanol–water partition coefficient (Wildman–Crippen LogP) is 3.98. The molecule has 0 aliphatic carbocycles. The first-order valence-corrected chi connectivity index (χ1v) is 9.28. The first-order valence-electron chi connectivity index (χ1n) is 8.53. The minimum atomic E-state index is 0.344. The summed E-state index contributed by atoms with van der Waals surface area (Å²) in [5.74, 6) is 0. The van der Waals surface area contributed by atoms with E-state index in [-0.39, 0.29) is 0 Å². The number of nitrogens with zero attached hydrogens (tertiary/aromatic N) is 2. The molecule has 2 aliphatic heterocycles. The van der Waals surface area contributed by atoms with Gasteiger partial charge in [0.1, 0.15) is 0 Å². The lowest BCUT2D eigenvalue weighted by Gasteiger charge is -2.40. The maximum absolute atomic E-state index is 11.8. The molecule has 0 radical (unpaired) electrons. The fraction of sp³-hybridized carbons (Fsp3) is 0.647. The molecule has 7 heteroatoms. The fourth-order valence-corrected chi connectivity index (χ4v) is 3.91. The van der Waals surface area contributed by atoms with Crippen molar-refractivity contribution in [2.75, 3.05) is 43.7 Å². The molecule has 2 fully saturated rings. The Morgan fingerprint density at radius 3 is 2.38 bits per heavy atom. The summed E-state index contributed by atoms with van der Waals surface area (Å²) in [6, 6.07) is 4.37. The van der Waals surface area contributed by atoms with Crippen LogP contribution in [0.3, 0.4) is 0 Å². The number of nitrogens with one attached hydrogen (secondary N) is 1. The molecule has 0 unspecified atom stereocenters. The fourth-order valence-electron chi connectivity index (χ4n) is 3.59. The highest BCUT2D eigenvalue weighted by molar-refractivity contribution is 6.42. The average molecular weight is 373 g/mol. The summed E-state index contributed by atoms with van der Waals surface area (Å²) in [6.07, 6.45) is 4.38. The third kappa shape index (κ3) is 4.27. The van der Waals surface area contributed by atoms with Gasteiger partial charge in [-0.1, -0.05) is 23.2 Å². The molecule has 0 atom stereocenters. The van der Waals surface area contributed by atoms with E-state index in [1.807, 2.05) is 0 Å². The van der Waals surface area contributed by atoms with E-state index in [9.17, 15) is 5.21 Å². The molecule has 2 aliphatic rings. The van der Waals surface area contributed by atoms with Gasteiger partial charge in [-0.25, -0.2) is 0 Å². The molecule has 1 aromatic rings. The predicted molar refractivity (Wildman–Crippen MR) is 100 cm³/mol. The van der Waals surface area contributed by atoms with E-state index in [1.54, 1.807) is 12.1 Å². The lowest BCUT2D eigenvalue weighted by Crippen LogP contribution is -2.46. The zero-order chi connectivity index (χ0) is 17.1. The summed E-state index contributed by atoms with van der Waals surface area (Å²) in [7, 11) is 1.47. The summed E-state index contributed by atoms with van der Waals surface area (Å²) in [5.41, 5.74) is 1.28. The van der Waals surface area contributed by atoms with Crippen molar-refractivity contribution in [3.8, 4) is 0 Å². The van der Waals surface area contributed by atoms with Crippen LogP contribution in [-0.4, -0.2) is 50.3 Å². The molecule has 2 heterocycles. The van der Waals surface area contributed by atoms with Gasteiger partial charge in [0.2, 0.25) is 0 Å². The van der Waals surface area contributed by atoms with Gasteiger partial charge in [-0.05, 0) is 44.9 Å². The van der Waals surface area contributed by atoms with Crippen molar-refractivity contribution in [1.82, 2.24) is 4.90 Å². The van der Waals surface area contributed by atoms with Gasteiger partial charge in [-0.3, -0.25) is 0 Å². The number of hydroxylamine groups is 1. The highest BCUT2D eigenvalue weighted by Gasteiger charge is 2.26. The van der Waals surface area contributed by atoms with E-state index in [0.29, 0.717) is 27.8 Å². The van der Waals surface area contributed by atoms with Crippen molar-refractivity contribution in [3.63, 3.8) is 0 Å². The van der Waals surface area contributed by atoms with Crippen LogP contribution in [0.25, 0.3) is 0 Å². The number of hydrogen-bond donors (Lipinski definition) is 1. The highest BCUT2D eigenvalue weighted by atomic mass is 35.5. The highest BCUT2D eigenvalue weighted by Crippen LogP contribution is 2.35. The van der Waals surface area contributed by atoms with Crippen LogP contribution in [0.15, 0.2) is 12.1 Å². The van der Waals surface area contributed by atoms with Crippen LogP contribution < -0.4 is 10.4 Å². The maximum atomic E-state index is 11.8. The first-order chi connectivity index (χ1) is 11.5. The van der Waals surface area contributed by atoms with Gasteiger partial charge in [0.05, 0.1) is 21.4 Å². The summed E-state index contributed by atoms with van der Waals surface area (Å²) < 4.78 is 5.45. The van der Waals surface area contributed by atoms with Crippen molar-refractivity contribution in [3.05, 3.63) is 27.4 Å². The molecule has 134 valence electrons. The summed E-state index contributed by atoms with van der Waals surface area (Å²) in [5, 5.41) is 17.0. The van der Waals surface area contributed by atoms with Crippen molar-refractivity contribution in [2.24, 2.45) is 0 Å². The third-order valence-electron chi connectivity index (χ3n) is 4.97. The number of rotatable bonds is 4. The second kappa shape index (κ2) is 8.11. The van der Waals surface area contributed by atoms with Gasteiger partial charge in [-0.15, -0.1) is 0 Å². The number of likely N-dealkylation sites (tertiary alicyclic amines) is 1. The summed E-state index contributed by atoms with van der Waals surface area (Å²) in [6.45, 7) is 3.91. The molecule has 24 heavy (non-hydrogen) atoms. The lowest BCUT2D eigenvalue weighted by molar-refractivity contribution is 0.0262. The van der Waals surface area contributed by atoms with Gasteiger partial charge in [0.15, 0.2) is 0 Å². The number of piperidine rings is 1. The molecule has 0 aromatic heterocycles. The smallest absolute Gasteiger partial charge is 0.0614 e. The number of ether oxygens (including phenoxy) is 1. The monoisotopic (exact) mass is 372 g/mol. The Morgan fingerprint density at radius 2 is 1.75 bits per heavy atom. The molecule has 1 N–H and O–H groups in total. The topological polar surface area (TPSA) is 50.8 Å². The zero-order valence-corrected chi connectivity index (χ0v) is 15.4. The molecule has 2 saturated heterocycles. The van der Waals surface area contributed by atoms with Crippen molar-refractivity contribution in [1.29, 1.82) is 0 Å². The van der Waals surface area contributed by atoms with Crippen LogP contribution in [0.2, 0.25) is 10.0 Å². The van der Waals surface area contributed by atoms with Crippen molar-refractivity contribution >= 4 is 34.6 Å². The Kier molecular flexibility index (Phi) is 6.11. The Labute approximate surface area is 153 Å². The number of halogens is 2. The second-order valence-corrected chi connectivity index (χ2v) is 7.39. The lowest BCUT2D eigenvalue weighted by atomic mass is 9.99. The van der Waals surface area contributed by atoms with Gasteiger partial charge >= 0.3 is 0 Å². The van der Waals surface area contributed by atoms with Gasteiger partial charge in [-0.2, -0.15) is 0 Å². The van der Waals surface area contributed by atoms with Crippen LogP contribution >= 0.6 is 23.2 Å². The first kappa shape index (κ1) is 18.1. The molecule has 1 aromatic carbocycles. The second-order valence-electron chi connectivity index (χ2n) is 6.58. The molecule has 0 bridgehead atoms. The van der Waals surface area contributed by atoms with E-state index in [2.05, 4.69) is 10.2 Å². The zero-order valence-electron chi connectivity index (χ0n) is 13.9. The number of benzene rings is 1. The van der Waals surface area contributed by atoms with E-state index in [4.69, 9.17) is 27.9 Å². The maximum Gasteiger partial charge on any atom is 0.0614 e. The van der Waals surface area contributed by atoms with Gasteiger partial charge in [0.25, 0.3) is 0 Å². The molecule has 0 amide bonds. The molecule has 0 spiro atoms. The quantitative estimate of drug-likeness (QED) is 0.809. The minimum Gasteiger partial charge on any atom is -0.758 e. The Bertz CT molecular complexity index is 557. The van der Waals surface area contributed by atoms with Crippen molar-refractivity contribution < 1.29 is 4.74 Å². The molecule has 3 rings (SSSR count). The van der Waals surface area contributed by atoms with E-state index in [1.165, 1.54) is 7.05 Å². The number of hydrogen-bond acceptors (Lipinski definition) is 5. The molecular formula is C17H24Cl2N3O2-. The number of anilines is 2. The average Bonchev–Trinajstić information content (AvgIpc) is 2.59. The SMILES string of the molecule is CN([O-])c1cc(Cl)c(Cl)cc1NC1CCN(C2CCOCC2)CC1. The molecule has 0 saturated carbocycles. The van der Waals surface area contributed by atoms with Gasteiger partial charge < -0.3 is 25.2 Å². The molecular weight excluding hydrogens is 349 g/mol. The van der Waals surface area contributed by atoms with Crippen LogP contribution in [0, 0.1) is 5.21 Å². The van der Waals surface area contributed by atoms with E-state index in [0.717, 1.165) is 62.7 Å². The largest absolute Gasteiger partial charge is 0.758 e. The standard InChI is InChI=1S/C17H24Cl2N3O2/c1-21(23)17-11-15(19)14(18)10-16(17)20-12-2-6-22(7-3-12)13-4-8-24-9-5-13/h10-13,20H,2-9H2,1H3/q-1. The van der Waals surface area contributed by atoms with Crippen molar-refractivity contribution in [2.45, 2.75) is 37.8 Å². The van der Waals surface area contributed by atoms with Crippen LogP contribution in [0.1, 0.15) is 25.7 Å². The van der Waals surface area contributed by atoms with Crippen LogP contribution in [-0.2, 0) is 4.74 Å². The minimum absolute atomic E-state index is 0.344. The Balaban J connectivity index is 1.60. The third-order valence-corrected chi connectivity index (χ3v) is 5.70. The van der Waals surface area contributed by atoms with Crippen LogP contribution in [0.5, 0.6) is 0 Å². The van der Waals surface area contributed by atoms with E-state index < -0.39 is 0 Å². The summed E-state index contributed by atoms with van der Waals surface area (Å²) >= 11 is 12.2. The Hall–Kier alpha value is -0.720. The summed E-state index contributed by atoms with van der Waals surface area (Å²) in [4.78, 5) is 2.58. The van der Waals surface area contributed by atoms with Crippen LogP contribution in [0.4, 0.5) is 11.4 Å². The Morgan fingerprint density at radius 1 is 1.12 bits per heavy atom. The normalized spacial score (nSPS) is 21.0. The molecule has 5 nitrogen and oxygen atoms in total. The van der Waals surface area contributed by atoms with E-state index >= 15 is 0 Å².